The second kappa shape index (κ2) is 10.7. The Bertz CT molecular complexity index is 1360. The number of thioether (sulfide) groups is 1. The number of benzene rings is 4. The SMILES string of the molecule is COc1ccc([C@H](c2c[nH]c3ccccc23)[C@@H](SCc2ccccc2)c2ccc(OC)cc2)cc1. The van der Waals surface area contributed by atoms with Gasteiger partial charge in [0.1, 0.15) is 11.5 Å². The van der Waals surface area contributed by atoms with Gasteiger partial charge in [-0.2, -0.15) is 0 Å². The Labute approximate surface area is 211 Å². The van der Waals surface area contributed by atoms with E-state index in [1.807, 2.05) is 11.8 Å². The fourth-order valence-corrected chi connectivity index (χ4v) is 6.03. The Balaban J connectivity index is 1.63. The van der Waals surface area contributed by atoms with Gasteiger partial charge in [0, 0.05) is 34.0 Å². The summed E-state index contributed by atoms with van der Waals surface area (Å²) in [6.07, 6.45) is 2.18. The molecule has 0 saturated heterocycles. The number of hydrogen-bond donors (Lipinski definition) is 1. The lowest BCUT2D eigenvalue weighted by molar-refractivity contribution is 0.414. The summed E-state index contributed by atoms with van der Waals surface area (Å²) in [5, 5.41) is 1.45. The number of aromatic amines is 1. The maximum Gasteiger partial charge on any atom is 0.118 e. The van der Waals surface area contributed by atoms with Crippen molar-refractivity contribution in [2.75, 3.05) is 14.2 Å². The number of methoxy groups -OCH3 is 2. The van der Waals surface area contributed by atoms with Crippen LogP contribution in [-0.4, -0.2) is 19.2 Å². The zero-order valence-electron chi connectivity index (χ0n) is 20.0. The largest absolute Gasteiger partial charge is 0.497 e. The lowest BCUT2D eigenvalue weighted by Gasteiger charge is -2.28. The lowest BCUT2D eigenvalue weighted by Crippen LogP contribution is -2.11. The first kappa shape index (κ1) is 23.1. The minimum absolute atomic E-state index is 0.138. The van der Waals surface area contributed by atoms with E-state index < -0.39 is 0 Å². The fraction of sp³-hybridized carbons (Fsp3) is 0.161. The summed E-state index contributed by atoms with van der Waals surface area (Å²) < 4.78 is 10.9. The van der Waals surface area contributed by atoms with E-state index in [1.54, 1.807) is 14.2 Å². The molecule has 1 aromatic heterocycles. The molecule has 1 N–H and O–H groups in total. The number of fused-ring (bicyclic) bond motifs is 1. The Morgan fingerprint density at radius 3 is 1.94 bits per heavy atom. The standard InChI is InChI=1S/C31H29NO2S/c1-33-25-16-12-23(13-17-25)30(28-20-32-29-11-7-6-10-27(28)29)31(24-14-18-26(34-2)19-15-24)35-21-22-8-4-3-5-9-22/h3-20,30-32H,21H2,1-2H3/t30-,31+/m1/s1. The summed E-state index contributed by atoms with van der Waals surface area (Å²) in [5.74, 6) is 2.80. The first-order valence-corrected chi connectivity index (χ1v) is 12.8. The predicted octanol–water partition coefficient (Wildman–Crippen LogP) is 7.99. The van der Waals surface area contributed by atoms with E-state index >= 15 is 0 Å². The van der Waals surface area contributed by atoms with Crippen LogP contribution in [0.3, 0.4) is 0 Å². The molecule has 3 nitrogen and oxygen atoms in total. The van der Waals surface area contributed by atoms with E-state index in [0.717, 1.165) is 22.8 Å². The number of para-hydroxylation sites is 1. The summed E-state index contributed by atoms with van der Waals surface area (Å²) in [6, 6.07) is 36.3. The number of ether oxygens (including phenoxy) is 2. The highest BCUT2D eigenvalue weighted by Gasteiger charge is 2.29. The number of rotatable bonds is 9. The Kier molecular flexibility index (Phi) is 7.10. The lowest BCUT2D eigenvalue weighted by atomic mass is 9.85. The van der Waals surface area contributed by atoms with Gasteiger partial charge in [-0.3, -0.25) is 0 Å². The average molecular weight is 480 g/mol. The van der Waals surface area contributed by atoms with Crippen LogP contribution >= 0.6 is 11.8 Å². The number of nitrogens with one attached hydrogen (secondary N) is 1. The van der Waals surface area contributed by atoms with Crippen molar-refractivity contribution >= 4 is 22.7 Å². The van der Waals surface area contributed by atoms with Crippen molar-refractivity contribution in [1.82, 2.24) is 4.98 Å². The van der Waals surface area contributed by atoms with Gasteiger partial charge in [0.2, 0.25) is 0 Å². The summed E-state index contributed by atoms with van der Waals surface area (Å²) in [4.78, 5) is 3.51. The van der Waals surface area contributed by atoms with E-state index in [1.165, 1.54) is 27.6 Å². The van der Waals surface area contributed by atoms with Gasteiger partial charge in [-0.05, 0) is 52.6 Å². The predicted molar refractivity (Wildman–Crippen MR) is 147 cm³/mol. The molecule has 2 atom stereocenters. The molecular weight excluding hydrogens is 450 g/mol. The summed E-state index contributed by atoms with van der Waals surface area (Å²) in [7, 11) is 3.42. The first-order chi connectivity index (χ1) is 17.3. The van der Waals surface area contributed by atoms with Crippen LogP contribution in [0.2, 0.25) is 0 Å². The molecule has 4 heteroatoms. The molecule has 0 aliphatic rings. The molecule has 0 bridgehead atoms. The highest BCUT2D eigenvalue weighted by Crippen LogP contribution is 2.48. The van der Waals surface area contributed by atoms with E-state index in [0.29, 0.717) is 0 Å². The zero-order valence-corrected chi connectivity index (χ0v) is 20.8. The third kappa shape index (κ3) is 5.08. The van der Waals surface area contributed by atoms with E-state index in [4.69, 9.17) is 9.47 Å². The van der Waals surface area contributed by atoms with E-state index in [-0.39, 0.29) is 11.2 Å². The fourth-order valence-electron chi connectivity index (χ4n) is 4.62. The molecule has 0 radical (unpaired) electrons. The third-order valence-corrected chi connectivity index (χ3v) is 7.85. The van der Waals surface area contributed by atoms with Crippen LogP contribution in [0.25, 0.3) is 10.9 Å². The number of H-pyrrole nitrogens is 1. The van der Waals surface area contributed by atoms with Gasteiger partial charge in [-0.1, -0.05) is 72.8 Å². The highest BCUT2D eigenvalue weighted by molar-refractivity contribution is 7.98. The quantitative estimate of drug-likeness (QED) is 0.233. The van der Waals surface area contributed by atoms with Gasteiger partial charge in [0.15, 0.2) is 0 Å². The second-order valence-corrected chi connectivity index (χ2v) is 9.66. The molecule has 4 aromatic carbocycles. The number of hydrogen-bond acceptors (Lipinski definition) is 3. The van der Waals surface area contributed by atoms with Crippen LogP contribution in [0.15, 0.2) is 109 Å². The van der Waals surface area contributed by atoms with Gasteiger partial charge in [0.05, 0.1) is 14.2 Å². The summed E-state index contributed by atoms with van der Waals surface area (Å²) in [6.45, 7) is 0. The maximum atomic E-state index is 5.46. The van der Waals surface area contributed by atoms with Crippen LogP contribution in [0, 0.1) is 0 Å². The summed E-state index contributed by atoms with van der Waals surface area (Å²) in [5.41, 5.74) is 6.31. The Hall–Kier alpha value is -3.63. The molecule has 5 aromatic rings. The van der Waals surface area contributed by atoms with Crippen LogP contribution in [0.4, 0.5) is 0 Å². The van der Waals surface area contributed by atoms with Crippen molar-refractivity contribution < 1.29 is 9.47 Å². The minimum Gasteiger partial charge on any atom is -0.497 e. The van der Waals surface area contributed by atoms with Crippen LogP contribution in [0.1, 0.15) is 33.4 Å². The van der Waals surface area contributed by atoms with Crippen molar-refractivity contribution in [3.8, 4) is 11.5 Å². The van der Waals surface area contributed by atoms with Gasteiger partial charge in [-0.25, -0.2) is 0 Å². The Morgan fingerprint density at radius 1 is 0.686 bits per heavy atom. The molecule has 1 heterocycles. The highest BCUT2D eigenvalue weighted by atomic mass is 32.2. The molecule has 0 fully saturated rings. The summed E-state index contributed by atoms with van der Waals surface area (Å²) >= 11 is 1.97. The van der Waals surface area contributed by atoms with Crippen LogP contribution in [-0.2, 0) is 5.75 Å². The van der Waals surface area contributed by atoms with Crippen LogP contribution in [0.5, 0.6) is 11.5 Å². The maximum absolute atomic E-state index is 5.46. The molecule has 176 valence electrons. The van der Waals surface area contributed by atoms with Gasteiger partial charge in [0.25, 0.3) is 0 Å². The molecule has 35 heavy (non-hydrogen) atoms. The molecular formula is C31H29NO2S. The molecule has 0 saturated carbocycles. The van der Waals surface area contributed by atoms with Crippen molar-refractivity contribution in [3.63, 3.8) is 0 Å². The van der Waals surface area contributed by atoms with E-state index in [9.17, 15) is 0 Å². The van der Waals surface area contributed by atoms with Gasteiger partial charge >= 0.3 is 0 Å². The van der Waals surface area contributed by atoms with Crippen molar-refractivity contribution in [2.24, 2.45) is 0 Å². The number of aromatic nitrogens is 1. The normalized spacial score (nSPS) is 12.9. The second-order valence-electron chi connectivity index (χ2n) is 8.53. The van der Waals surface area contributed by atoms with Crippen molar-refractivity contribution in [3.05, 3.63) is 132 Å². The average Bonchev–Trinajstić information content (AvgIpc) is 3.35. The first-order valence-electron chi connectivity index (χ1n) is 11.8. The van der Waals surface area contributed by atoms with Gasteiger partial charge < -0.3 is 14.5 Å². The molecule has 5 rings (SSSR count). The molecule has 0 aliphatic heterocycles. The minimum atomic E-state index is 0.138. The topological polar surface area (TPSA) is 34.2 Å². The third-order valence-electron chi connectivity index (χ3n) is 6.45. The Morgan fingerprint density at radius 2 is 1.29 bits per heavy atom. The van der Waals surface area contributed by atoms with Gasteiger partial charge in [-0.15, -0.1) is 11.8 Å². The van der Waals surface area contributed by atoms with Crippen LogP contribution < -0.4 is 9.47 Å². The zero-order chi connectivity index (χ0) is 24.0. The monoisotopic (exact) mass is 479 g/mol. The smallest absolute Gasteiger partial charge is 0.118 e. The molecule has 0 spiro atoms. The van der Waals surface area contributed by atoms with Crippen molar-refractivity contribution in [2.45, 2.75) is 16.9 Å². The molecule has 0 unspecified atom stereocenters. The molecule has 0 amide bonds. The van der Waals surface area contributed by atoms with E-state index in [2.05, 4.69) is 114 Å². The van der Waals surface area contributed by atoms with Crippen molar-refractivity contribution in [1.29, 1.82) is 0 Å². The molecule has 0 aliphatic carbocycles.